The fourth-order valence-electron chi connectivity index (χ4n) is 3.81. The minimum Gasteiger partial charge on any atom is -0.496 e. The zero-order chi connectivity index (χ0) is 21.7. The lowest BCUT2D eigenvalue weighted by molar-refractivity contribution is 0.100. The Hall–Kier alpha value is -3.42. The first-order valence-corrected chi connectivity index (χ1v) is 11.9. The number of carbonyl (C=O) groups is 1. The van der Waals surface area contributed by atoms with Crippen LogP contribution in [0.5, 0.6) is 5.75 Å². The number of carbonyl (C=O) groups excluding carboxylic acids is 1. The highest BCUT2D eigenvalue weighted by Gasteiger charge is 2.29. The molecule has 0 aliphatic carbocycles. The van der Waals surface area contributed by atoms with Gasteiger partial charge in [-0.25, -0.2) is 4.74 Å². The molecule has 0 radical (unpaired) electrons. The van der Waals surface area contributed by atoms with E-state index in [-0.39, 0.29) is 5.91 Å². The normalized spacial score (nSPS) is 11.0. The van der Waals surface area contributed by atoms with E-state index in [4.69, 9.17) is 9.48 Å². The van der Waals surface area contributed by atoms with Crippen LogP contribution in [-0.4, -0.2) is 13.0 Å². The Kier molecular flexibility index (Phi) is 6.16. The van der Waals surface area contributed by atoms with Gasteiger partial charge >= 0.3 is 0 Å². The SMILES string of the molecule is COc1cccc(C(=O)N=P(c2ccccc2)(c2ccccc2)c2ccccc2)c1C. The smallest absolute Gasteiger partial charge is 0.276 e. The minimum absolute atomic E-state index is 0.235. The van der Waals surface area contributed by atoms with E-state index in [1.807, 2.05) is 79.7 Å². The Morgan fingerprint density at radius 2 is 1.13 bits per heavy atom. The summed E-state index contributed by atoms with van der Waals surface area (Å²) < 4.78 is 10.5. The van der Waals surface area contributed by atoms with Crippen molar-refractivity contribution in [3.05, 3.63) is 120 Å². The highest BCUT2D eigenvalue weighted by molar-refractivity contribution is 7.87. The van der Waals surface area contributed by atoms with Gasteiger partial charge in [-0.15, -0.1) is 0 Å². The molecule has 0 unspecified atom stereocenters. The summed E-state index contributed by atoms with van der Waals surface area (Å²) in [6, 6.07) is 36.0. The monoisotopic (exact) mass is 425 g/mol. The highest BCUT2D eigenvalue weighted by Crippen LogP contribution is 2.47. The van der Waals surface area contributed by atoms with E-state index < -0.39 is 7.05 Å². The molecular weight excluding hydrogens is 401 g/mol. The third kappa shape index (κ3) is 3.97. The maximum atomic E-state index is 13.7. The molecule has 4 rings (SSSR count). The van der Waals surface area contributed by atoms with Gasteiger partial charge in [0.25, 0.3) is 5.91 Å². The Labute approximate surface area is 183 Å². The van der Waals surface area contributed by atoms with E-state index in [0.29, 0.717) is 11.3 Å². The molecule has 3 nitrogen and oxygen atoms in total. The number of hydrogen-bond donors (Lipinski definition) is 0. The molecule has 4 aromatic carbocycles. The number of methoxy groups -OCH3 is 1. The van der Waals surface area contributed by atoms with Gasteiger partial charge in [-0.1, -0.05) is 97.1 Å². The molecule has 154 valence electrons. The van der Waals surface area contributed by atoms with E-state index in [0.717, 1.165) is 21.5 Å². The van der Waals surface area contributed by atoms with E-state index in [2.05, 4.69) is 36.4 Å². The van der Waals surface area contributed by atoms with Gasteiger partial charge in [0, 0.05) is 27.0 Å². The van der Waals surface area contributed by atoms with Gasteiger partial charge in [0.2, 0.25) is 0 Å². The first-order chi connectivity index (χ1) is 15.2. The molecule has 31 heavy (non-hydrogen) atoms. The van der Waals surface area contributed by atoms with Gasteiger partial charge in [0.05, 0.1) is 14.2 Å². The van der Waals surface area contributed by atoms with Crippen LogP contribution in [0.4, 0.5) is 0 Å². The van der Waals surface area contributed by atoms with Gasteiger partial charge in [0.15, 0.2) is 0 Å². The van der Waals surface area contributed by atoms with Gasteiger partial charge < -0.3 is 4.74 Å². The van der Waals surface area contributed by atoms with Crippen molar-refractivity contribution in [1.29, 1.82) is 0 Å². The third-order valence-corrected chi connectivity index (χ3v) is 8.98. The predicted octanol–water partition coefficient (Wildman–Crippen LogP) is 5.32. The number of rotatable bonds is 5. The van der Waals surface area contributed by atoms with Crippen LogP contribution in [0.3, 0.4) is 0 Å². The summed E-state index contributed by atoms with van der Waals surface area (Å²) in [6.07, 6.45) is 0. The van der Waals surface area contributed by atoms with Crippen LogP contribution in [0.2, 0.25) is 0 Å². The van der Waals surface area contributed by atoms with Crippen molar-refractivity contribution in [2.24, 2.45) is 4.74 Å². The summed E-state index contributed by atoms with van der Waals surface area (Å²) in [5.74, 6) is 0.449. The molecule has 4 aromatic rings. The number of amides is 1. The van der Waals surface area contributed by atoms with Gasteiger partial charge in [-0.05, 0) is 19.1 Å². The number of ether oxygens (including phenoxy) is 1. The molecular formula is C27H24NO2P. The summed E-state index contributed by atoms with van der Waals surface area (Å²) in [4.78, 5) is 13.7. The average Bonchev–Trinajstić information content (AvgIpc) is 2.84. The minimum atomic E-state index is -2.58. The third-order valence-electron chi connectivity index (χ3n) is 5.36. The van der Waals surface area contributed by atoms with E-state index in [1.54, 1.807) is 7.11 Å². The largest absolute Gasteiger partial charge is 0.496 e. The van der Waals surface area contributed by atoms with Crippen LogP contribution in [-0.2, 0) is 0 Å². The number of hydrogen-bond acceptors (Lipinski definition) is 2. The Morgan fingerprint density at radius 3 is 1.55 bits per heavy atom. The first-order valence-electron chi connectivity index (χ1n) is 10.1. The molecule has 0 aliphatic rings. The van der Waals surface area contributed by atoms with E-state index >= 15 is 0 Å². The summed E-state index contributed by atoms with van der Waals surface area (Å²) in [5, 5.41) is 3.13. The quantitative estimate of drug-likeness (QED) is 0.406. The molecule has 0 N–H and O–H groups in total. The van der Waals surface area contributed by atoms with Crippen LogP contribution in [0.25, 0.3) is 0 Å². The van der Waals surface area contributed by atoms with Crippen molar-refractivity contribution in [3.63, 3.8) is 0 Å². The van der Waals surface area contributed by atoms with Crippen molar-refractivity contribution in [1.82, 2.24) is 0 Å². The maximum Gasteiger partial charge on any atom is 0.276 e. The van der Waals surface area contributed by atoms with Crippen LogP contribution in [0.15, 0.2) is 114 Å². The topological polar surface area (TPSA) is 38.7 Å². The molecule has 0 saturated heterocycles. The summed E-state index contributed by atoms with van der Waals surface area (Å²) in [6.45, 7) is 1.90. The predicted molar refractivity (Wildman–Crippen MR) is 130 cm³/mol. The molecule has 0 aliphatic heterocycles. The van der Waals surface area contributed by atoms with Crippen molar-refractivity contribution < 1.29 is 9.53 Å². The first kappa shape index (κ1) is 20.8. The second kappa shape index (κ2) is 9.16. The standard InChI is InChI=1S/C27H24NO2P/c1-21-25(19-12-20-26(21)30-2)27(29)28-31(22-13-6-3-7-14-22,23-15-8-4-9-16-23)24-17-10-5-11-18-24/h3-20H,1-2H3. The van der Waals surface area contributed by atoms with Crippen LogP contribution < -0.4 is 20.7 Å². The van der Waals surface area contributed by atoms with Crippen LogP contribution in [0, 0.1) is 6.92 Å². The second-order valence-corrected chi connectivity index (χ2v) is 10.2. The lowest BCUT2D eigenvalue weighted by atomic mass is 10.1. The van der Waals surface area contributed by atoms with Crippen molar-refractivity contribution in [3.8, 4) is 5.75 Å². The lowest BCUT2D eigenvalue weighted by Crippen LogP contribution is -2.26. The summed E-state index contributed by atoms with van der Waals surface area (Å²) >= 11 is 0. The van der Waals surface area contributed by atoms with Crippen LogP contribution >= 0.6 is 7.05 Å². The van der Waals surface area contributed by atoms with Gasteiger partial charge in [0.1, 0.15) is 5.75 Å². The molecule has 0 spiro atoms. The Bertz CT molecular complexity index is 1130. The van der Waals surface area contributed by atoms with Crippen LogP contribution in [0.1, 0.15) is 15.9 Å². The van der Waals surface area contributed by atoms with Gasteiger partial charge in [-0.3, -0.25) is 4.79 Å². The molecule has 0 fully saturated rings. The van der Waals surface area contributed by atoms with Crippen molar-refractivity contribution >= 4 is 28.9 Å². The maximum absolute atomic E-state index is 13.7. The zero-order valence-corrected chi connectivity index (χ0v) is 18.5. The molecule has 0 saturated carbocycles. The van der Waals surface area contributed by atoms with E-state index in [9.17, 15) is 4.79 Å². The fraction of sp³-hybridized carbons (Fsp3) is 0.0741. The molecule has 0 atom stereocenters. The average molecular weight is 425 g/mol. The number of benzene rings is 4. The molecule has 0 heterocycles. The lowest BCUT2D eigenvalue weighted by Gasteiger charge is -2.26. The Balaban J connectivity index is 2.07. The Morgan fingerprint density at radius 1 is 0.677 bits per heavy atom. The number of nitrogens with zero attached hydrogens (tertiary/aromatic N) is 1. The van der Waals surface area contributed by atoms with Crippen molar-refractivity contribution in [2.75, 3.05) is 7.11 Å². The zero-order valence-electron chi connectivity index (χ0n) is 17.6. The molecule has 0 aromatic heterocycles. The highest BCUT2D eigenvalue weighted by atomic mass is 31.2. The van der Waals surface area contributed by atoms with Gasteiger partial charge in [-0.2, -0.15) is 0 Å². The second-order valence-electron chi connectivity index (χ2n) is 7.18. The van der Waals surface area contributed by atoms with Crippen molar-refractivity contribution in [2.45, 2.75) is 6.92 Å². The van der Waals surface area contributed by atoms with E-state index in [1.165, 1.54) is 0 Å². The molecule has 4 heteroatoms. The fourth-order valence-corrected chi connectivity index (χ4v) is 7.24. The summed E-state index contributed by atoms with van der Waals surface area (Å²) in [7, 11) is -0.970. The molecule has 1 amide bonds. The summed E-state index contributed by atoms with van der Waals surface area (Å²) in [5.41, 5.74) is 1.36. The molecule has 0 bridgehead atoms.